The van der Waals surface area contributed by atoms with Crippen molar-refractivity contribution in [3.05, 3.63) is 29.3 Å². The summed E-state index contributed by atoms with van der Waals surface area (Å²) in [5, 5.41) is 25.0. The van der Waals surface area contributed by atoms with Crippen LogP contribution >= 0.6 is 0 Å². The molecule has 0 aromatic heterocycles. The molecule has 0 saturated heterocycles. The lowest BCUT2D eigenvalue weighted by Crippen LogP contribution is -2.30. The molecule has 1 rings (SSSR count). The zero-order valence-electron chi connectivity index (χ0n) is 8.83. The monoisotopic (exact) mass is 220 g/mol. The maximum Gasteiger partial charge on any atom is 0.488 e. The van der Waals surface area contributed by atoms with E-state index in [1.165, 1.54) is 6.21 Å². The number of aryl methyl sites for hydroxylation is 1. The minimum Gasteiger partial charge on any atom is -0.423 e. The molecule has 6 N–H and O–H groups in total. The Morgan fingerprint density at radius 3 is 2.56 bits per heavy atom. The Bertz CT molecular complexity index is 428. The zero-order chi connectivity index (χ0) is 12.1. The molecule has 0 fully saturated rings. The molecule has 0 aliphatic carbocycles. The lowest BCUT2D eigenvalue weighted by molar-refractivity contribution is 0.425. The predicted molar refractivity (Wildman–Crippen MR) is 64.4 cm³/mol. The van der Waals surface area contributed by atoms with Gasteiger partial charge < -0.3 is 21.5 Å². The van der Waals surface area contributed by atoms with Crippen molar-refractivity contribution in [1.29, 1.82) is 0 Å². The smallest absolute Gasteiger partial charge is 0.423 e. The topological polar surface area (TPSA) is 117 Å². The summed E-state index contributed by atoms with van der Waals surface area (Å²) in [5.41, 5.74) is 12.3. The molecule has 6 nitrogen and oxygen atoms in total. The molecular formula is C9H13BN4O2. The largest absolute Gasteiger partial charge is 0.488 e. The molecular weight excluding hydrogens is 207 g/mol. The van der Waals surface area contributed by atoms with Crippen molar-refractivity contribution in [2.24, 2.45) is 21.7 Å². The van der Waals surface area contributed by atoms with Gasteiger partial charge in [0.1, 0.15) is 0 Å². The van der Waals surface area contributed by atoms with Crippen LogP contribution in [-0.2, 0) is 0 Å². The van der Waals surface area contributed by atoms with Gasteiger partial charge in [0.05, 0.1) is 6.21 Å². The SMILES string of the molecule is Cc1cc(B(O)O)ccc1C=NN=C(N)N. The molecule has 0 amide bonds. The molecule has 1 aromatic rings. The van der Waals surface area contributed by atoms with Gasteiger partial charge in [-0.05, 0) is 23.5 Å². The number of guanidine groups is 1. The number of benzene rings is 1. The molecule has 0 bridgehead atoms. The third kappa shape index (κ3) is 3.37. The van der Waals surface area contributed by atoms with Gasteiger partial charge in [0.15, 0.2) is 0 Å². The van der Waals surface area contributed by atoms with E-state index in [0.29, 0.717) is 5.46 Å². The van der Waals surface area contributed by atoms with E-state index >= 15 is 0 Å². The van der Waals surface area contributed by atoms with E-state index in [9.17, 15) is 0 Å². The highest BCUT2D eigenvalue weighted by atomic mass is 16.4. The Kier molecular flexibility index (Phi) is 4.04. The minimum atomic E-state index is -1.47. The first-order valence-corrected chi connectivity index (χ1v) is 4.59. The average Bonchev–Trinajstić information content (AvgIpc) is 2.19. The molecule has 16 heavy (non-hydrogen) atoms. The van der Waals surface area contributed by atoms with Crippen LogP contribution in [0.1, 0.15) is 11.1 Å². The summed E-state index contributed by atoms with van der Waals surface area (Å²) in [5.74, 6) is -0.115. The Morgan fingerprint density at radius 1 is 1.38 bits per heavy atom. The summed E-state index contributed by atoms with van der Waals surface area (Å²) < 4.78 is 0. The van der Waals surface area contributed by atoms with Crippen LogP contribution in [0, 0.1) is 6.92 Å². The van der Waals surface area contributed by atoms with Crippen LogP contribution < -0.4 is 16.9 Å². The molecule has 0 radical (unpaired) electrons. The van der Waals surface area contributed by atoms with Crippen LogP contribution in [0.15, 0.2) is 28.4 Å². The number of nitrogens with zero attached hydrogens (tertiary/aromatic N) is 2. The average molecular weight is 220 g/mol. The predicted octanol–water partition coefficient (Wildman–Crippen LogP) is -1.72. The number of nitrogens with two attached hydrogens (primary N) is 2. The second-order valence-electron chi connectivity index (χ2n) is 3.26. The molecule has 0 aliphatic rings. The lowest BCUT2D eigenvalue weighted by atomic mass is 9.79. The van der Waals surface area contributed by atoms with Gasteiger partial charge in [-0.15, -0.1) is 5.10 Å². The van der Waals surface area contributed by atoms with Crippen molar-refractivity contribution in [3.8, 4) is 0 Å². The molecule has 0 spiro atoms. The molecule has 7 heteroatoms. The van der Waals surface area contributed by atoms with Crippen molar-refractivity contribution >= 4 is 24.8 Å². The molecule has 84 valence electrons. The second kappa shape index (κ2) is 5.29. The highest BCUT2D eigenvalue weighted by Crippen LogP contribution is 2.03. The van der Waals surface area contributed by atoms with E-state index in [1.807, 2.05) is 6.92 Å². The van der Waals surface area contributed by atoms with Gasteiger partial charge in [0.25, 0.3) is 0 Å². The van der Waals surface area contributed by atoms with Crippen LogP contribution in [0.25, 0.3) is 0 Å². The van der Waals surface area contributed by atoms with Gasteiger partial charge in [-0.25, -0.2) is 0 Å². The number of rotatable bonds is 3. The van der Waals surface area contributed by atoms with Gasteiger partial charge in [0.2, 0.25) is 5.96 Å². The van der Waals surface area contributed by atoms with Crippen LogP contribution in [-0.4, -0.2) is 29.3 Å². The summed E-state index contributed by atoms with van der Waals surface area (Å²) in [6, 6.07) is 4.95. The highest BCUT2D eigenvalue weighted by molar-refractivity contribution is 6.58. The number of hydrogen-bond donors (Lipinski definition) is 4. The van der Waals surface area contributed by atoms with Gasteiger partial charge >= 0.3 is 7.12 Å². The fraction of sp³-hybridized carbons (Fsp3) is 0.111. The van der Waals surface area contributed by atoms with Crippen LogP contribution in [0.3, 0.4) is 0 Å². The summed E-state index contributed by atoms with van der Waals surface area (Å²) in [7, 11) is -1.47. The van der Waals surface area contributed by atoms with Crippen LogP contribution in [0.5, 0.6) is 0 Å². The second-order valence-corrected chi connectivity index (χ2v) is 3.26. The van der Waals surface area contributed by atoms with Gasteiger partial charge in [0, 0.05) is 0 Å². The Hall–Kier alpha value is -1.86. The van der Waals surface area contributed by atoms with E-state index in [-0.39, 0.29) is 5.96 Å². The first kappa shape index (κ1) is 12.2. The highest BCUT2D eigenvalue weighted by Gasteiger charge is 2.10. The van der Waals surface area contributed by atoms with Crippen LogP contribution in [0.2, 0.25) is 0 Å². The van der Waals surface area contributed by atoms with E-state index in [2.05, 4.69) is 10.2 Å². The quantitative estimate of drug-likeness (QED) is 0.210. The molecule has 0 heterocycles. The van der Waals surface area contributed by atoms with Crippen molar-refractivity contribution in [2.75, 3.05) is 0 Å². The standard InChI is InChI=1S/C9H13BN4O2/c1-6-4-8(10(15)16)3-2-7(6)5-13-14-9(11)12/h2-5,15-16H,1H3,(H4,11,12,14). The zero-order valence-corrected chi connectivity index (χ0v) is 8.83. The van der Waals surface area contributed by atoms with Gasteiger partial charge in [-0.1, -0.05) is 18.2 Å². The maximum atomic E-state index is 8.95. The summed E-state index contributed by atoms with van der Waals surface area (Å²) in [6.45, 7) is 1.82. The molecule has 0 aliphatic heterocycles. The molecule has 0 saturated carbocycles. The van der Waals surface area contributed by atoms with Crippen molar-refractivity contribution in [1.82, 2.24) is 0 Å². The fourth-order valence-corrected chi connectivity index (χ4v) is 1.16. The first-order chi connectivity index (χ1) is 7.50. The normalized spacial score (nSPS) is 10.4. The summed E-state index contributed by atoms with van der Waals surface area (Å²) in [4.78, 5) is 0. The Morgan fingerprint density at radius 2 is 2.06 bits per heavy atom. The Balaban J connectivity index is 2.91. The number of hydrogen-bond acceptors (Lipinski definition) is 4. The van der Waals surface area contributed by atoms with E-state index in [4.69, 9.17) is 21.5 Å². The van der Waals surface area contributed by atoms with E-state index in [1.54, 1.807) is 18.2 Å². The van der Waals surface area contributed by atoms with Crippen molar-refractivity contribution in [3.63, 3.8) is 0 Å². The van der Waals surface area contributed by atoms with Crippen LogP contribution in [0.4, 0.5) is 0 Å². The maximum absolute atomic E-state index is 8.95. The third-order valence-electron chi connectivity index (χ3n) is 1.96. The molecule has 0 atom stereocenters. The third-order valence-corrected chi connectivity index (χ3v) is 1.96. The first-order valence-electron chi connectivity index (χ1n) is 4.59. The minimum absolute atomic E-state index is 0.115. The van der Waals surface area contributed by atoms with Gasteiger partial charge in [-0.3, -0.25) is 0 Å². The van der Waals surface area contributed by atoms with E-state index < -0.39 is 7.12 Å². The van der Waals surface area contributed by atoms with Gasteiger partial charge in [-0.2, -0.15) is 5.10 Å². The van der Waals surface area contributed by atoms with Crippen molar-refractivity contribution < 1.29 is 10.0 Å². The fourth-order valence-electron chi connectivity index (χ4n) is 1.16. The summed E-state index contributed by atoms with van der Waals surface area (Å²) >= 11 is 0. The molecule has 0 unspecified atom stereocenters. The Labute approximate surface area is 93.4 Å². The van der Waals surface area contributed by atoms with Crippen molar-refractivity contribution in [2.45, 2.75) is 6.92 Å². The lowest BCUT2D eigenvalue weighted by Gasteiger charge is -2.03. The van der Waals surface area contributed by atoms with E-state index in [0.717, 1.165) is 11.1 Å². The summed E-state index contributed by atoms with van der Waals surface area (Å²) in [6.07, 6.45) is 1.49. The molecule has 1 aromatic carbocycles.